The number of nitro benzene ring substituents is 1. The molecule has 0 aliphatic carbocycles. The van der Waals surface area contributed by atoms with Gasteiger partial charge in [-0.15, -0.1) is 0 Å². The lowest BCUT2D eigenvalue weighted by atomic mass is 9.81. The van der Waals surface area contributed by atoms with Crippen LogP contribution in [0.3, 0.4) is 0 Å². The van der Waals surface area contributed by atoms with Crippen molar-refractivity contribution in [3.63, 3.8) is 0 Å². The Bertz CT molecular complexity index is 1160. The van der Waals surface area contributed by atoms with Crippen molar-refractivity contribution >= 4 is 18.9 Å². The van der Waals surface area contributed by atoms with E-state index >= 15 is 0 Å². The fourth-order valence-corrected chi connectivity index (χ4v) is 5.25. The molecular weight excluding hydrogens is 433 g/mol. The quantitative estimate of drug-likeness (QED) is 0.332. The van der Waals surface area contributed by atoms with Gasteiger partial charge in [-0.25, -0.2) is 0 Å². The van der Waals surface area contributed by atoms with E-state index in [4.69, 9.17) is 19.5 Å². The second kappa shape index (κ2) is 9.79. The van der Waals surface area contributed by atoms with Crippen LogP contribution in [0.4, 0.5) is 5.69 Å². The Morgan fingerprint density at radius 2 is 1.81 bits per heavy atom. The van der Waals surface area contributed by atoms with E-state index in [-0.39, 0.29) is 35.9 Å². The van der Waals surface area contributed by atoms with Crippen LogP contribution in [0.1, 0.15) is 30.9 Å². The zero-order valence-electron chi connectivity index (χ0n) is 17.6. The number of allylic oxidation sites excluding steroid dienone is 2. The molecule has 0 bridgehead atoms. The standard InChI is InChI=1S/C22H22N3O6P/c1-3-29-32(28,30-4-2)22-20(15-9-6-5-7-10-15)19(18(14-23)21(24)31-22)16-11-8-12-17(13-16)25(26)27/h5-13,19H,3-4,24H2,1-2H3. The molecule has 2 aromatic carbocycles. The zero-order chi connectivity index (χ0) is 23.3. The maximum atomic E-state index is 13.7. The maximum Gasteiger partial charge on any atom is 0.396 e. The predicted molar refractivity (Wildman–Crippen MR) is 118 cm³/mol. The van der Waals surface area contributed by atoms with E-state index in [1.165, 1.54) is 18.2 Å². The number of nitriles is 1. The highest BCUT2D eigenvalue weighted by Gasteiger charge is 2.43. The average molecular weight is 455 g/mol. The number of hydrogen-bond donors (Lipinski definition) is 1. The number of nitrogens with zero attached hydrogens (tertiary/aromatic N) is 2. The van der Waals surface area contributed by atoms with Gasteiger partial charge >= 0.3 is 7.60 Å². The predicted octanol–water partition coefficient (Wildman–Crippen LogP) is 5.04. The number of ether oxygens (including phenoxy) is 1. The Morgan fingerprint density at radius 3 is 2.38 bits per heavy atom. The molecule has 1 aliphatic heterocycles. The van der Waals surface area contributed by atoms with Crippen LogP contribution in [0.2, 0.25) is 0 Å². The Hall–Kier alpha value is -3.44. The number of non-ortho nitro benzene ring substituents is 1. The molecule has 1 aliphatic rings. The summed E-state index contributed by atoms with van der Waals surface area (Å²) in [7, 11) is -3.98. The van der Waals surface area contributed by atoms with Crippen LogP contribution in [0.5, 0.6) is 0 Å². The highest BCUT2D eigenvalue weighted by atomic mass is 31.2. The van der Waals surface area contributed by atoms with Crippen molar-refractivity contribution in [2.45, 2.75) is 19.8 Å². The Morgan fingerprint density at radius 1 is 1.16 bits per heavy atom. The summed E-state index contributed by atoms with van der Waals surface area (Å²) in [6.45, 7) is 3.47. The third-order valence-electron chi connectivity index (χ3n) is 4.75. The minimum absolute atomic E-state index is 0.0349. The zero-order valence-corrected chi connectivity index (χ0v) is 18.5. The molecule has 3 rings (SSSR count). The molecule has 1 heterocycles. The van der Waals surface area contributed by atoms with Crippen molar-refractivity contribution < 1.29 is 23.3 Å². The van der Waals surface area contributed by atoms with E-state index in [1.54, 1.807) is 50.2 Å². The van der Waals surface area contributed by atoms with Crippen LogP contribution in [-0.2, 0) is 18.3 Å². The molecule has 0 saturated heterocycles. The summed E-state index contributed by atoms with van der Waals surface area (Å²) in [6, 6.07) is 16.7. The van der Waals surface area contributed by atoms with Gasteiger partial charge in [-0.05, 0) is 25.0 Å². The molecule has 0 aromatic heterocycles. The van der Waals surface area contributed by atoms with Gasteiger partial charge in [-0.1, -0.05) is 42.5 Å². The Kier molecular flexibility index (Phi) is 7.11. The van der Waals surface area contributed by atoms with Crippen LogP contribution in [0.15, 0.2) is 71.6 Å². The topological polar surface area (TPSA) is 138 Å². The van der Waals surface area contributed by atoms with Gasteiger partial charge in [0.1, 0.15) is 11.6 Å². The number of nitro groups is 1. The number of nitrogens with two attached hydrogens (primary N) is 1. The molecule has 0 spiro atoms. The molecular formula is C22H22N3O6P. The Labute approximate surface area is 185 Å². The minimum atomic E-state index is -3.98. The summed E-state index contributed by atoms with van der Waals surface area (Å²) in [5.74, 6) is -1.15. The molecule has 9 nitrogen and oxygen atoms in total. The molecule has 0 amide bonds. The van der Waals surface area contributed by atoms with E-state index in [2.05, 4.69) is 0 Å². The molecule has 10 heteroatoms. The molecule has 32 heavy (non-hydrogen) atoms. The third-order valence-corrected chi connectivity index (χ3v) is 6.77. The molecule has 0 fully saturated rings. The summed E-state index contributed by atoms with van der Waals surface area (Å²) < 4.78 is 30.5. The molecule has 0 radical (unpaired) electrons. The Balaban J connectivity index is 2.38. The molecule has 2 aromatic rings. The van der Waals surface area contributed by atoms with Gasteiger partial charge in [-0.2, -0.15) is 5.26 Å². The first-order valence-corrected chi connectivity index (χ1v) is 11.4. The SMILES string of the molecule is CCOP(=O)(OCC)C1=C(c2ccccc2)C(c2cccc([N+](=O)[O-])c2)C(C#N)=C(N)O1. The summed E-state index contributed by atoms with van der Waals surface area (Å²) in [5.41, 5.74) is 7.14. The van der Waals surface area contributed by atoms with Gasteiger partial charge in [0, 0.05) is 17.7 Å². The number of benzene rings is 2. The first kappa shape index (κ1) is 23.2. The summed E-state index contributed by atoms with van der Waals surface area (Å²) in [5, 5.41) is 21.3. The fourth-order valence-electron chi connectivity index (χ4n) is 3.50. The largest absolute Gasteiger partial charge is 0.432 e. The van der Waals surface area contributed by atoms with E-state index in [0.717, 1.165) is 0 Å². The lowest BCUT2D eigenvalue weighted by Gasteiger charge is -2.31. The van der Waals surface area contributed by atoms with Gasteiger partial charge < -0.3 is 19.5 Å². The van der Waals surface area contributed by atoms with Crippen LogP contribution < -0.4 is 5.73 Å². The summed E-state index contributed by atoms with van der Waals surface area (Å²) in [6.07, 6.45) is 0. The van der Waals surface area contributed by atoms with Crippen LogP contribution in [0, 0.1) is 21.4 Å². The van der Waals surface area contributed by atoms with Crippen molar-refractivity contribution in [3.05, 3.63) is 92.8 Å². The normalized spacial score (nSPS) is 16.5. The van der Waals surface area contributed by atoms with E-state index < -0.39 is 18.4 Å². The van der Waals surface area contributed by atoms with Crippen molar-refractivity contribution in [1.82, 2.24) is 0 Å². The third kappa shape index (κ3) is 4.43. The van der Waals surface area contributed by atoms with Crippen molar-refractivity contribution in [3.8, 4) is 6.07 Å². The smallest absolute Gasteiger partial charge is 0.396 e. The maximum absolute atomic E-state index is 13.7. The summed E-state index contributed by atoms with van der Waals surface area (Å²) in [4.78, 5) is 10.9. The number of rotatable bonds is 8. The first-order valence-electron chi connectivity index (χ1n) is 9.87. The lowest BCUT2D eigenvalue weighted by Crippen LogP contribution is -2.21. The fraction of sp³-hybridized carbons (Fsp3) is 0.227. The van der Waals surface area contributed by atoms with E-state index in [0.29, 0.717) is 16.7 Å². The highest BCUT2D eigenvalue weighted by molar-refractivity contribution is 7.58. The van der Waals surface area contributed by atoms with Crippen LogP contribution >= 0.6 is 7.60 Å². The minimum Gasteiger partial charge on any atom is -0.432 e. The second-order valence-electron chi connectivity index (χ2n) is 6.69. The van der Waals surface area contributed by atoms with E-state index in [9.17, 15) is 19.9 Å². The van der Waals surface area contributed by atoms with Crippen LogP contribution in [-0.4, -0.2) is 18.1 Å². The van der Waals surface area contributed by atoms with E-state index in [1.807, 2.05) is 6.07 Å². The monoisotopic (exact) mass is 455 g/mol. The van der Waals surface area contributed by atoms with Crippen LogP contribution in [0.25, 0.3) is 5.57 Å². The van der Waals surface area contributed by atoms with Crippen molar-refractivity contribution in [2.75, 3.05) is 13.2 Å². The van der Waals surface area contributed by atoms with Crippen molar-refractivity contribution in [2.24, 2.45) is 5.73 Å². The first-order chi connectivity index (χ1) is 15.4. The summed E-state index contributed by atoms with van der Waals surface area (Å²) >= 11 is 0. The highest BCUT2D eigenvalue weighted by Crippen LogP contribution is 2.63. The molecule has 1 unspecified atom stereocenters. The molecule has 166 valence electrons. The van der Waals surface area contributed by atoms with Crippen molar-refractivity contribution in [1.29, 1.82) is 5.26 Å². The molecule has 2 N–H and O–H groups in total. The average Bonchev–Trinajstić information content (AvgIpc) is 2.79. The molecule has 0 saturated carbocycles. The number of hydrogen-bond acceptors (Lipinski definition) is 8. The van der Waals surface area contributed by atoms with Gasteiger partial charge in [0.15, 0.2) is 0 Å². The van der Waals surface area contributed by atoms with Gasteiger partial charge in [-0.3, -0.25) is 14.7 Å². The molecule has 1 atom stereocenters. The van der Waals surface area contributed by atoms with Gasteiger partial charge in [0.2, 0.25) is 11.4 Å². The van der Waals surface area contributed by atoms with Gasteiger partial charge in [0.25, 0.3) is 5.69 Å². The van der Waals surface area contributed by atoms with Gasteiger partial charge in [0.05, 0.1) is 24.1 Å². The lowest BCUT2D eigenvalue weighted by molar-refractivity contribution is -0.384. The second-order valence-corrected chi connectivity index (χ2v) is 8.61.